The average Bonchev–Trinajstić information content (AvgIpc) is 3.93. The Bertz CT molecular complexity index is 1890. The maximum Gasteiger partial charge on any atom is 0.337 e. The van der Waals surface area contributed by atoms with Gasteiger partial charge in [-0.3, -0.25) is 23.5 Å². The molecule has 294 valence electrons. The van der Waals surface area contributed by atoms with Crippen LogP contribution in [0.5, 0.6) is 5.75 Å². The Labute approximate surface area is 315 Å². The van der Waals surface area contributed by atoms with Gasteiger partial charge in [0.2, 0.25) is 0 Å². The summed E-state index contributed by atoms with van der Waals surface area (Å²) in [5, 5.41) is 14.5. The first-order valence-corrected chi connectivity index (χ1v) is 15.8. The number of benzene rings is 2. The van der Waals surface area contributed by atoms with Crippen molar-refractivity contribution in [2.75, 3.05) is 45.6 Å². The van der Waals surface area contributed by atoms with Gasteiger partial charge in [-0.15, -0.1) is 0 Å². The third-order valence-corrected chi connectivity index (χ3v) is 6.59. The number of carbonyl (C=O) groups excluding carboxylic acids is 3. The number of carboxylic acids is 1. The zero-order chi connectivity index (χ0) is 41.3. The Morgan fingerprint density at radius 1 is 0.800 bits per heavy atom. The number of rotatable bonds is 14. The number of aromatic carboxylic acids is 1. The Kier molecular flexibility index (Phi) is 20.6. The number of carbonyl (C=O) groups is 4. The highest BCUT2D eigenvalue weighted by atomic mass is 19.1. The molecule has 55 heavy (non-hydrogen) atoms. The van der Waals surface area contributed by atoms with Gasteiger partial charge in [-0.1, -0.05) is 0 Å². The predicted molar refractivity (Wildman–Crippen MR) is 204 cm³/mol. The molecule has 0 saturated carbocycles. The van der Waals surface area contributed by atoms with E-state index in [1.165, 1.54) is 43.5 Å². The molecule has 0 saturated heterocycles. The van der Waals surface area contributed by atoms with Gasteiger partial charge in [-0.05, 0) is 48.1 Å². The standard InChI is InChI=1S/C18H18F2N2O4.2C8H10N4O.C2H6O/c1-21-15-6-10(13(19)5-11(15)9-23)3-4-26-17-8-16(22-2)12(18(24)25)7-14(17)20;2*9-7(5-13)1-2-8(10)12-4-3-11-6-12;1-3-2/h5-9,21-22H,3-4H2,1-2H3,(H,24,25);2*1-6H,9-10H2;1-2H3/b;2*7-1-,8-2+;. The van der Waals surface area contributed by atoms with Crippen LogP contribution in [0.1, 0.15) is 26.3 Å². The molecular formula is C36H44F2N10O7. The second-order valence-corrected chi connectivity index (χ2v) is 10.5. The summed E-state index contributed by atoms with van der Waals surface area (Å²) in [6, 6.07) is 4.71. The zero-order valence-corrected chi connectivity index (χ0v) is 30.5. The van der Waals surface area contributed by atoms with E-state index in [1.807, 2.05) is 0 Å². The van der Waals surface area contributed by atoms with Gasteiger partial charge < -0.3 is 48.1 Å². The third kappa shape index (κ3) is 15.9. The number of nitrogens with one attached hydrogen (secondary N) is 2. The van der Waals surface area contributed by atoms with E-state index in [9.17, 15) is 28.0 Å². The number of methoxy groups -OCH3 is 1. The molecule has 19 heteroatoms. The van der Waals surface area contributed by atoms with Crippen LogP contribution in [0, 0.1) is 11.6 Å². The normalized spacial score (nSPS) is 11.3. The van der Waals surface area contributed by atoms with E-state index in [4.69, 9.17) is 32.8 Å². The van der Waals surface area contributed by atoms with Gasteiger partial charge in [0.25, 0.3) is 0 Å². The molecule has 0 aliphatic rings. The number of ether oxygens (including phenoxy) is 2. The summed E-state index contributed by atoms with van der Waals surface area (Å²) in [5.74, 6) is -1.90. The topological polar surface area (TPSA) is 271 Å². The van der Waals surface area contributed by atoms with Crippen LogP contribution in [0.2, 0.25) is 0 Å². The Balaban J connectivity index is 0.000000437. The molecule has 0 atom stereocenters. The van der Waals surface area contributed by atoms with Gasteiger partial charge in [0.1, 0.15) is 30.1 Å². The predicted octanol–water partition coefficient (Wildman–Crippen LogP) is 2.81. The summed E-state index contributed by atoms with van der Waals surface area (Å²) in [6.07, 6.45) is 17.4. The van der Waals surface area contributed by atoms with E-state index in [-0.39, 0.29) is 47.0 Å². The molecular weight excluding hydrogens is 722 g/mol. The molecule has 2 aromatic heterocycles. The van der Waals surface area contributed by atoms with Crippen molar-refractivity contribution in [1.29, 1.82) is 0 Å². The van der Waals surface area contributed by atoms with Crippen LogP contribution >= 0.6 is 0 Å². The van der Waals surface area contributed by atoms with Crippen molar-refractivity contribution in [2.24, 2.45) is 22.9 Å². The smallest absolute Gasteiger partial charge is 0.337 e. The number of halogens is 2. The second kappa shape index (κ2) is 24.8. The van der Waals surface area contributed by atoms with E-state index >= 15 is 0 Å². The molecule has 0 radical (unpaired) electrons. The number of aromatic nitrogens is 4. The molecule has 11 N–H and O–H groups in total. The van der Waals surface area contributed by atoms with Crippen molar-refractivity contribution in [1.82, 2.24) is 19.1 Å². The van der Waals surface area contributed by atoms with Gasteiger partial charge in [0.05, 0.1) is 29.3 Å². The molecule has 2 heterocycles. The van der Waals surface area contributed by atoms with Crippen LogP contribution < -0.4 is 38.3 Å². The minimum Gasteiger partial charge on any atom is -0.490 e. The lowest BCUT2D eigenvalue weighted by Crippen LogP contribution is -2.08. The van der Waals surface area contributed by atoms with Gasteiger partial charge in [-0.25, -0.2) is 23.5 Å². The van der Waals surface area contributed by atoms with E-state index in [0.29, 0.717) is 41.8 Å². The summed E-state index contributed by atoms with van der Waals surface area (Å²) in [4.78, 5) is 49.8. The lowest BCUT2D eigenvalue weighted by molar-refractivity contribution is -0.105. The summed E-state index contributed by atoms with van der Waals surface area (Å²) in [5.41, 5.74) is 22.9. The minimum absolute atomic E-state index is 0.0347. The van der Waals surface area contributed by atoms with Gasteiger partial charge >= 0.3 is 5.97 Å². The number of anilines is 2. The maximum absolute atomic E-state index is 14.0. The van der Waals surface area contributed by atoms with Crippen molar-refractivity contribution >= 4 is 47.8 Å². The van der Waals surface area contributed by atoms with Crippen molar-refractivity contribution in [3.05, 3.63) is 126 Å². The first-order chi connectivity index (χ1) is 26.3. The molecule has 2 aromatic carbocycles. The number of nitrogens with zero attached hydrogens (tertiary/aromatic N) is 4. The van der Waals surface area contributed by atoms with Gasteiger partial charge in [0.15, 0.2) is 30.4 Å². The number of nitrogens with two attached hydrogens (primary N) is 4. The average molecular weight is 767 g/mol. The molecule has 17 nitrogen and oxygen atoms in total. The summed E-state index contributed by atoms with van der Waals surface area (Å²) in [6.45, 7) is -0.0347. The van der Waals surface area contributed by atoms with E-state index in [0.717, 1.165) is 12.1 Å². The molecule has 0 unspecified atom stereocenters. The third-order valence-electron chi connectivity index (χ3n) is 6.59. The lowest BCUT2D eigenvalue weighted by atomic mass is 10.1. The van der Waals surface area contributed by atoms with Crippen LogP contribution in [0.15, 0.2) is 97.4 Å². The highest BCUT2D eigenvalue weighted by Gasteiger charge is 2.16. The fourth-order valence-corrected chi connectivity index (χ4v) is 3.90. The summed E-state index contributed by atoms with van der Waals surface area (Å²) < 4.78 is 40.8. The molecule has 0 amide bonds. The first-order valence-electron chi connectivity index (χ1n) is 15.8. The molecule has 0 spiro atoms. The summed E-state index contributed by atoms with van der Waals surface area (Å²) in [7, 11) is 6.37. The van der Waals surface area contributed by atoms with Gasteiger partial charge in [-0.2, -0.15) is 0 Å². The number of aldehydes is 3. The quantitative estimate of drug-likeness (QED) is 0.0552. The van der Waals surface area contributed by atoms with Crippen LogP contribution in [0.3, 0.4) is 0 Å². The van der Waals surface area contributed by atoms with Crippen molar-refractivity contribution < 1.29 is 42.5 Å². The number of hydrogen-bond acceptors (Lipinski definition) is 14. The first kappa shape index (κ1) is 45.7. The van der Waals surface area contributed by atoms with Crippen LogP contribution in [-0.2, 0) is 20.7 Å². The lowest BCUT2D eigenvalue weighted by Gasteiger charge is -2.13. The molecule has 0 fully saturated rings. The van der Waals surface area contributed by atoms with Crippen molar-refractivity contribution in [2.45, 2.75) is 6.42 Å². The SMILES string of the molecule is CNc1cc(CCOc2cc(NC)c(C(=O)O)cc2F)c(F)cc1C=O.COC.N/C(C=O)=C\C=C(/N)n1ccnc1.N/C(C=O)=C\C=C(/N)n1ccnc1. The maximum atomic E-state index is 14.0. The Morgan fingerprint density at radius 3 is 1.71 bits per heavy atom. The van der Waals surface area contributed by atoms with Crippen LogP contribution in [-0.4, -0.2) is 84.0 Å². The van der Waals surface area contributed by atoms with Gasteiger partial charge in [0, 0.05) is 76.8 Å². The second-order valence-electron chi connectivity index (χ2n) is 10.5. The van der Waals surface area contributed by atoms with E-state index < -0.39 is 17.6 Å². The minimum atomic E-state index is -1.27. The van der Waals surface area contributed by atoms with Crippen LogP contribution in [0.4, 0.5) is 20.2 Å². The number of hydrogen-bond donors (Lipinski definition) is 7. The number of allylic oxidation sites excluding steroid dienone is 6. The summed E-state index contributed by atoms with van der Waals surface area (Å²) >= 11 is 0. The number of carboxylic acid groups (broad SMARTS) is 1. The monoisotopic (exact) mass is 766 g/mol. The molecule has 4 rings (SSSR count). The number of imidazole rings is 2. The van der Waals surface area contributed by atoms with E-state index in [2.05, 4.69) is 25.3 Å². The highest BCUT2D eigenvalue weighted by Crippen LogP contribution is 2.27. The highest BCUT2D eigenvalue weighted by molar-refractivity contribution is 5.94. The Morgan fingerprint density at radius 2 is 1.31 bits per heavy atom. The van der Waals surface area contributed by atoms with Crippen LogP contribution in [0.25, 0.3) is 11.6 Å². The Hall–Kier alpha value is -7.28. The fourth-order valence-electron chi connectivity index (χ4n) is 3.90. The molecule has 4 aromatic rings. The zero-order valence-electron chi connectivity index (χ0n) is 30.5. The largest absolute Gasteiger partial charge is 0.490 e. The van der Waals surface area contributed by atoms with Crippen molar-refractivity contribution in [3.8, 4) is 5.75 Å². The van der Waals surface area contributed by atoms with Crippen molar-refractivity contribution in [3.63, 3.8) is 0 Å². The van der Waals surface area contributed by atoms with E-state index in [1.54, 1.807) is 67.8 Å². The molecule has 0 bridgehead atoms. The fraction of sp³-hybridized carbons (Fsp3) is 0.167. The molecule has 0 aliphatic heterocycles. The molecule has 0 aliphatic carbocycles.